The van der Waals surface area contributed by atoms with Crippen molar-refractivity contribution >= 4 is 67.1 Å². The van der Waals surface area contributed by atoms with Crippen molar-refractivity contribution in [2.24, 2.45) is 0 Å². The maximum atomic E-state index is 6.67. The van der Waals surface area contributed by atoms with Crippen LogP contribution in [0.5, 0.6) is 0 Å². The van der Waals surface area contributed by atoms with E-state index >= 15 is 0 Å². The standard InChI is InChI=1S/C47H35NOS/c1-47-28-8-7-23-41(47)40-27-26-35(30-44(40)50-47)48(42-24-12-22-39-38-19-5-6-25-43(38)49-46(39)42)34-18-9-17-33(29-34)37-21-11-16-32-15-10-20-36(45(32)37)31-13-3-2-4-14-31/h2-3,5-13,15-30,41H,4,14H2,1H3/t41?,47-/m1/s1. The molecule has 0 radical (unpaired) electrons. The molecule has 0 spiro atoms. The van der Waals surface area contributed by atoms with Gasteiger partial charge in [0.05, 0.1) is 5.69 Å². The lowest BCUT2D eigenvalue weighted by Gasteiger charge is -2.27. The summed E-state index contributed by atoms with van der Waals surface area (Å²) >= 11 is 1.97. The van der Waals surface area contributed by atoms with E-state index in [0.717, 1.165) is 51.8 Å². The number of benzene rings is 6. The number of hydrogen-bond acceptors (Lipinski definition) is 3. The minimum absolute atomic E-state index is 0.0227. The van der Waals surface area contributed by atoms with Gasteiger partial charge in [-0.3, -0.25) is 0 Å². The minimum atomic E-state index is 0.0227. The highest BCUT2D eigenvalue weighted by atomic mass is 32.2. The molecule has 10 rings (SSSR count). The molecular weight excluding hydrogens is 627 g/mol. The number of anilines is 3. The molecule has 1 aromatic heterocycles. The Morgan fingerprint density at radius 2 is 1.56 bits per heavy atom. The first-order chi connectivity index (χ1) is 24.6. The second kappa shape index (κ2) is 11.5. The number of allylic oxidation sites excluding steroid dienone is 7. The van der Waals surface area contributed by atoms with E-state index in [1.807, 2.05) is 17.8 Å². The molecule has 0 saturated carbocycles. The van der Waals surface area contributed by atoms with Gasteiger partial charge >= 0.3 is 0 Å². The van der Waals surface area contributed by atoms with Gasteiger partial charge in [0.1, 0.15) is 5.58 Å². The number of furan rings is 1. The van der Waals surface area contributed by atoms with Crippen LogP contribution in [0, 0.1) is 0 Å². The summed E-state index contributed by atoms with van der Waals surface area (Å²) < 4.78 is 6.69. The Hall–Kier alpha value is -5.51. The molecule has 2 heterocycles. The van der Waals surface area contributed by atoms with E-state index in [1.54, 1.807) is 0 Å². The Bertz CT molecular complexity index is 2610. The number of thioether (sulfide) groups is 1. The van der Waals surface area contributed by atoms with Gasteiger partial charge < -0.3 is 9.32 Å². The lowest BCUT2D eigenvalue weighted by Crippen LogP contribution is -2.22. The summed E-state index contributed by atoms with van der Waals surface area (Å²) in [4.78, 5) is 3.73. The molecule has 1 unspecified atom stereocenters. The van der Waals surface area contributed by atoms with Gasteiger partial charge in [-0.2, -0.15) is 0 Å². The van der Waals surface area contributed by atoms with Gasteiger partial charge in [-0.05, 0) is 94.8 Å². The number of hydrogen-bond donors (Lipinski definition) is 0. The van der Waals surface area contributed by atoms with Crippen molar-refractivity contribution in [3.8, 4) is 11.1 Å². The Labute approximate surface area is 296 Å². The van der Waals surface area contributed by atoms with Gasteiger partial charge in [0.15, 0.2) is 5.58 Å². The number of para-hydroxylation sites is 2. The van der Waals surface area contributed by atoms with Crippen molar-refractivity contribution in [3.63, 3.8) is 0 Å². The molecule has 0 amide bonds. The summed E-state index contributed by atoms with van der Waals surface area (Å²) in [6.07, 6.45) is 18.0. The maximum absolute atomic E-state index is 6.67. The van der Waals surface area contributed by atoms with Crippen LogP contribution in [0.4, 0.5) is 17.1 Å². The molecule has 7 aromatic rings. The number of fused-ring (bicyclic) bond motifs is 7. The number of rotatable bonds is 5. The van der Waals surface area contributed by atoms with Crippen molar-refractivity contribution in [3.05, 3.63) is 175 Å². The van der Waals surface area contributed by atoms with Crippen molar-refractivity contribution < 1.29 is 4.42 Å². The normalized spacial score (nSPS) is 19.2. The van der Waals surface area contributed by atoms with Crippen molar-refractivity contribution in [2.75, 3.05) is 4.90 Å². The van der Waals surface area contributed by atoms with Crippen molar-refractivity contribution in [2.45, 2.75) is 35.3 Å². The van der Waals surface area contributed by atoms with Gasteiger partial charge in [0.2, 0.25) is 0 Å². The van der Waals surface area contributed by atoms with Crippen LogP contribution in [0.25, 0.3) is 49.4 Å². The summed E-state index contributed by atoms with van der Waals surface area (Å²) in [6, 6.07) is 44.4. The molecule has 3 aliphatic rings. The molecular formula is C47H35NOS. The molecule has 2 atom stereocenters. The van der Waals surface area contributed by atoms with Gasteiger partial charge in [-0.1, -0.05) is 127 Å². The SMILES string of the molecule is C[C@@]12C=CC=CC1c1ccc(N(c3cccc(-c4cccc5cccc(C6=CC=CCC6)c45)c3)c3cccc4c3oc3ccccc34)cc1S2. The molecule has 2 aliphatic carbocycles. The third kappa shape index (κ3) is 4.64. The monoisotopic (exact) mass is 661 g/mol. The van der Waals surface area contributed by atoms with Gasteiger partial charge in [-0.15, -0.1) is 11.8 Å². The molecule has 0 saturated heterocycles. The summed E-state index contributed by atoms with van der Waals surface area (Å²) in [7, 11) is 0. The quantitative estimate of drug-likeness (QED) is 0.183. The second-order valence-electron chi connectivity index (χ2n) is 13.7. The predicted octanol–water partition coefficient (Wildman–Crippen LogP) is 13.7. The van der Waals surface area contributed by atoms with E-state index in [2.05, 4.69) is 170 Å². The highest BCUT2D eigenvalue weighted by Gasteiger charge is 2.41. The van der Waals surface area contributed by atoms with Gasteiger partial charge in [0, 0.05) is 37.7 Å². The van der Waals surface area contributed by atoms with E-state index in [1.165, 1.54) is 43.5 Å². The average molecular weight is 662 g/mol. The van der Waals surface area contributed by atoms with E-state index in [-0.39, 0.29) is 4.75 Å². The molecule has 1 aliphatic heterocycles. The van der Waals surface area contributed by atoms with Crippen LogP contribution >= 0.6 is 11.8 Å². The third-order valence-corrected chi connectivity index (χ3v) is 12.1. The van der Waals surface area contributed by atoms with Crippen LogP contribution in [0.3, 0.4) is 0 Å². The van der Waals surface area contributed by atoms with E-state index in [9.17, 15) is 0 Å². The summed E-state index contributed by atoms with van der Waals surface area (Å²) in [5.74, 6) is 0.368. The third-order valence-electron chi connectivity index (χ3n) is 10.7. The van der Waals surface area contributed by atoms with E-state index < -0.39 is 0 Å². The average Bonchev–Trinajstić information content (AvgIpc) is 3.70. The number of nitrogens with zero attached hydrogens (tertiary/aromatic N) is 1. The molecule has 0 bridgehead atoms. The zero-order chi connectivity index (χ0) is 33.2. The van der Waals surface area contributed by atoms with E-state index in [4.69, 9.17) is 4.42 Å². The zero-order valence-corrected chi connectivity index (χ0v) is 28.7. The molecule has 6 aromatic carbocycles. The van der Waals surface area contributed by atoms with Gasteiger partial charge in [-0.25, -0.2) is 0 Å². The molecule has 3 heteroatoms. The molecule has 0 N–H and O–H groups in total. The largest absolute Gasteiger partial charge is 0.454 e. The van der Waals surface area contributed by atoms with E-state index in [0.29, 0.717) is 5.92 Å². The smallest absolute Gasteiger partial charge is 0.159 e. The Kier molecular flexibility index (Phi) is 6.79. The molecule has 0 fully saturated rings. The highest BCUT2D eigenvalue weighted by molar-refractivity contribution is 8.01. The lowest BCUT2D eigenvalue weighted by molar-refractivity contribution is 0.669. The fourth-order valence-corrected chi connectivity index (χ4v) is 9.74. The van der Waals surface area contributed by atoms with Crippen molar-refractivity contribution in [1.82, 2.24) is 0 Å². The van der Waals surface area contributed by atoms with Crippen LogP contribution in [0.15, 0.2) is 173 Å². The maximum Gasteiger partial charge on any atom is 0.159 e. The summed E-state index contributed by atoms with van der Waals surface area (Å²) in [5.41, 5.74) is 11.6. The van der Waals surface area contributed by atoms with Gasteiger partial charge in [0.25, 0.3) is 0 Å². The minimum Gasteiger partial charge on any atom is -0.454 e. The van der Waals surface area contributed by atoms with Crippen LogP contribution in [0.2, 0.25) is 0 Å². The topological polar surface area (TPSA) is 16.4 Å². The summed E-state index contributed by atoms with van der Waals surface area (Å²) in [6.45, 7) is 2.36. The molecule has 2 nitrogen and oxygen atoms in total. The molecule has 50 heavy (non-hydrogen) atoms. The van der Waals surface area contributed by atoms with Crippen molar-refractivity contribution in [1.29, 1.82) is 0 Å². The first-order valence-electron chi connectivity index (χ1n) is 17.5. The Morgan fingerprint density at radius 3 is 2.46 bits per heavy atom. The van der Waals surface area contributed by atoms with Crippen LogP contribution in [-0.4, -0.2) is 4.75 Å². The summed E-state index contributed by atoms with van der Waals surface area (Å²) in [5, 5.41) is 4.83. The fourth-order valence-electron chi connectivity index (χ4n) is 8.30. The van der Waals surface area contributed by atoms with Crippen LogP contribution < -0.4 is 4.90 Å². The Balaban J connectivity index is 1.18. The zero-order valence-electron chi connectivity index (χ0n) is 27.8. The predicted molar refractivity (Wildman–Crippen MR) is 213 cm³/mol. The Morgan fingerprint density at radius 1 is 0.740 bits per heavy atom. The highest BCUT2D eigenvalue weighted by Crippen LogP contribution is 2.57. The second-order valence-corrected chi connectivity index (χ2v) is 15.3. The lowest BCUT2D eigenvalue weighted by atomic mass is 9.84. The van der Waals surface area contributed by atoms with Crippen LogP contribution in [-0.2, 0) is 0 Å². The first-order valence-corrected chi connectivity index (χ1v) is 18.3. The fraction of sp³-hybridized carbons (Fsp3) is 0.106. The first kappa shape index (κ1) is 29.4. The molecule has 240 valence electrons. The van der Waals surface area contributed by atoms with Crippen LogP contribution in [0.1, 0.15) is 36.8 Å².